The third kappa shape index (κ3) is 4.94. The van der Waals surface area contributed by atoms with Gasteiger partial charge in [0, 0.05) is 12.0 Å². The predicted octanol–water partition coefficient (Wildman–Crippen LogP) is 4.40. The summed E-state index contributed by atoms with van der Waals surface area (Å²) < 4.78 is 10.2. The summed E-state index contributed by atoms with van der Waals surface area (Å²) in [6, 6.07) is 2.45. The Bertz CT molecular complexity index is 833. The number of benzene rings is 1. The number of rotatable bonds is 10. The molecule has 28 heavy (non-hydrogen) atoms. The first-order chi connectivity index (χ1) is 13.4. The van der Waals surface area contributed by atoms with Crippen LogP contribution in [0.25, 0.3) is 0 Å². The van der Waals surface area contributed by atoms with Gasteiger partial charge < -0.3 is 9.47 Å². The number of hydrogen-bond donors (Lipinski definition) is 1. The largest absolute Gasteiger partial charge is 0.493 e. The first-order valence-electron chi connectivity index (χ1n) is 9.00. The van der Waals surface area contributed by atoms with Crippen molar-refractivity contribution in [1.82, 2.24) is 10.2 Å². The Morgan fingerprint density at radius 2 is 1.79 bits per heavy atom. The molecule has 2 aromatic rings. The van der Waals surface area contributed by atoms with E-state index >= 15 is 0 Å². The number of carbonyl (C=O) groups is 1. The van der Waals surface area contributed by atoms with E-state index < -0.39 is 10.8 Å². The minimum absolute atomic E-state index is 0.141. The third-order valence-corrected chi connectivity index (χ3v) is 5.23. The summed E-state index contributed by atoms with van der Waals surface area (Å²) >= 11 is 1.30. The van der Waals surface area contributed by atoms with Crippen LogP contribution >= 0.6 is 11.3 Å². The molecule has 0 spiro atoms. The molecule has 0 atom stereocenters. The number of carbonyl (C=O) groups excluding carboxylic acids is 1. The minimum Gasteiger partial charge on any atom is -0.493 e. The van der Waals surface area contributed by atoms with Crippen LogP contribution in [0, 0.1) is 10.1 Å². The quantitative estimate of drug-likeness (QED) is 0.457. The molecule has 0 aliphatic carbocycles. The molecule has 0 saturated heterocycles. The molecular formula is C18H24N4O5S. The average Bonchev–Trinajstić information content (AvgIpc) is 3.14. The van der Waals surface area contributed by atoms with Crippen LogP contribution in [0.2, 0.25) is 0 Å². The lowest BCUT2D eigenvalue weighted by atomic mass is 9.99. The molecule has 0 aliphatic heterocycles. The number of nitrogens with zero attached hydrogens (tertiary/aromatic N) is 3. The second-order valence-corrected chi connectivity index (χ2v) is 7.16. The van der Waals surface area contributed by atoms with Crippen LogP contribution in [0.15, 0.2) is 12.1 Å². The summed E-state index contributed by atoms with van der Waals surface area (Å²) in [5.74, 6) is 0.0412. The minimum atomic E-state index is -0.655. The van der Waals surface area contributed by atoms with Gasteiger partial charge in [0.25, 0.3) is 11.6 Å². The van der Waals surface area contributed by atoms with E-state index in [1.165, 1.54) is 31.6 Å². The van der Waals surface area contributed by atoms with Crippen LogP contribution in [0.1, 0.15) is 60.8 Å². The fourth-order valence-electron chi connectivity index (χ4n) is 2.90. The topological polar surface area (TPSA) is 116 Å². The number of methoxy groups -OCH3 is 2. The van der Waals surface area contributed by atoms with Crippen molar-refractivity contribution in [1.29, 1.82) is 0 Å². The monoisotopic (exact) mass is 408 g/mol. The van der Waals surface area contributed by atoms with E-state index in [0.717, 1.165) is 36.8 Å². The summed E-state index contributed by atoms with van der Waals surface area (Å²) in [6.45, 7) is 4.23. The van der Waals surface area contributed by atoms with Gasteiger partial charge in [-0.05, 0) is 12.8 Å². The molecule has 9 nitrogen and oxygen atoms in total. The lowest BCUT2D eigenvalue weighted by molar-refractivity contribution is -0.385. The smallest absolute Gasteiger partial charge is 0.286 e. The van der Waals surface area contributed by atoms with Gasteiger partial charge in [-0.25, -0.2) is 0 Å². The van der Waals surface area contributed by atoms with Gasteiger partial charge in [-0.15, -0.1) is 10.2 Å². The van der Waals surface area contributed by atoms with E-state index in [-0.39, 0.29) is 22.7 Å². The van der Waals surface area contributed by atoms with Gasteiger partial charge >= 0.3 is 0 Å². The molecule has 0 unspecified atom stereocenters. The first kappa shape index (κ1) is 21.5. The summed E-state index contributed by atoms with van der Waals surface area (Å²) in [5.41, 5.74) is -0.521. The van der Waals surface area contributed by atoms with E-state index in [9.17, 15) is 14.9 Å². The zero-order chi connectivity index (χ0) is 20.7. The second-order valence-electron chi connectivity index (χ2n) is 6.16. The fraction of sp³-hybridized carbons (Fsp3) is 0.500. The summed E-state index contributed by atoms with van der Waals surface area (Å²) in [6.07, 6.45) is 4.06. The maximum Gasteiger partial charge on any atom is 0.286 e. The van der Waals surface area contributed by atoms with Crippen LogP contribution in [0.5, 0.6) is 11.5 Å². The van der Waals surface area contributed by atoms with E-state index in [2.05, 4.69) is 29.4 Å². The van der Waals surface area contributed by atoms with Crippen molar-refractivity contribution in [2.75, 3.05) is 19.5 Å². The zero-order valence-corrected chi connectivity index (χ0v) is 17.2. The maximum atomic E-state index is 12.7. The van der Waals surface area contributed by atoms with E-state index in [1.54, 1.807) is 0 Å². The zero-order valence-electron chi connectivity index (χ0n) is 16.4. The van der Waals surface area contributed by atoms with Gasteiger partial charge in [0.05, 0.1) is 25.2 Å². The second kappa shape index (κ2) is 9.98. The normalized spacial score (nSPS) is 10.8. The van der Waals surface area contributed by atoms with Crippen molar-refractivity contribution in [3.05, 3.63) is 32.8 Å². The van der Waals surface area contributed by atoms with Crippen LogP contribution in [-0.4, -0.2) is 35.2 Å². The lowest BCUT2D eigenvalue weighted by Crippen LogP contribution is -2.14. The Hall–Kier alpha value is -2.75. The highest BCUT2D eigenvalue weighted by atomic mass is 32.1. The van der Waals surface area contributed by atoms with Crippen molar-refractivity contribution in [2.24, 2.45) is 0 Å². The Morgan fingerprint density at radius 3 is 2.32 bits per heavy atom. The first-order valence-corrected chi connectivity index (χ1v) is 9.81. The predicted molar refractivity (Wildman–Crippen MR) is 107 cm³/mol. The van der Waals surface area contributed by atoms with Crippen molar-refractivity contribution in [3.8, 4) is 11.5 Å². The van der Waals surface area contributed by atoms with Crippen LogP contribution in [-0.2, 0) is 0 Å². The molecule has 1 amide bonds. The number of anilines is 1. The third-order valence-electron chi connectivity index (χ3n) is 4.23. The molecule has 10 heteroatoms. The standard InChI is InChI=1S/C18H24N4O5S/c1-5-7-11(8-6-2)17-20-21-18(28-17)19-16(23)12-9-14(26-3)15(27-4)10-13(12)22(24)25/h9-11H,5-8H2,1-4H3,(H,19,21,23). The molecule has 0 radical (unpaired) electrons. The SMILES string of the molecule is CCCC(CCC)c1nnc(NC(=O)c2cc(OC)c(OC)cc2[N+](=O)[O-])s1. The van der Waals surface area contributed by atoms with Gasteiger partial charge in [0.2, 0.25) is 5.13 Å². The van der Waals surface area contributed by atoms with Crippen molar-refractivity contribution in [3.63, 3.8) is 0 Å². The molecule has 1 N–H and O–H groups in total. The molecule has 0 saturated carbocycles. The summed E-state index contributed by atoms with van der Waals surface area (Å²) in [7, 11) is 2.76. The fourth-order valence-corrected chi connectivity index (χ4v) is 3.81. The van der Waals surface area contributed by atoms with Crippen LogP contribution in [0.4, 0.5) is 10.8 Å². The van der Waals surface area contributed by atoms with Crippen LogP contribution < -0.4 is 14.8 Å². The van der Waals surface area contributed by atoms with Crippen molar-refractivity contribution in [2.45, 2.75) is 45.4 Å². The van der Waals surface area contributed by atoms with E-state index in [4.69, 9.17) is 9.47 Å². The number of ether oxygens (including phenoxy) is 2. The molecule has 0 aliphatic rings. The van der Waals surface area contributed by atoms with Gasteiger partial charge in [-0.2, -0.15) is 0 Å². The molecule has 1 aromatic heterocycles. The van der Waals surface area contributed by atoms with Gasteiger partial charge in [-0.3, -0.25) is 20.2 Å². The highest BCUT2D eigenvalue weighted by Gasteiger charge is 2.26. The number of nitro benzene ring substituents is 1. The highest BCUT2D eigenvalue weighted by Crippen LogP contribution is 2.35. The van der Waals surface area contributed by atoms with Gasteiger partial charge in [-0.1, -0.05) is 38.0 Å². The molecule has 0 fully saturated rings. The van der Waals surface area contributed by atoms with Crippen molar-refractivity contribution < 1.29 is 19.2 Å². The highest BCUT2D eigenvalue weighted by molar-refractivity contribution is 7.15. The van der Waals surface area contributed by atoms with Crippen LogP contribution in [0.3, 0.4) is 0 Å². The number of aromatic nitrogens is 2. The number of hydrogen-bond acceptors (Lipinski definition) is 8. The Labute approximate surface area is 167 Å². The average molecular weight is 408 g/mol. The lowest BCUT2D eigenvalue weighted by Gasteiger charge is -2.10. The molecule has 2 rings (SSSR count). The number of nitrogens with one attached hydrogen (secondary N) is 1. The van der Waals surface area contributed by atoms with E-state index in [0.29, 0.717) is 11.0 Å². The Balaban J connectivity index is 2.29. The molecule has 1 heterocycles. The molecule has 152 valence electrons. The molecular weight excluding hydrogens is 384 g/mol. The number of amides is 1. The molecule has 1 aromatic carbocycles. The van der Waals surface area contributed by atoms with Gasteiger partial charge in [0.15, 0.2) is 11.5 Å². The summed E-state index contributed by atoms with van der Waals surface area (Å²) in [5, 5.41) is 23.4. The number of nitro groups is 1. The van der Waals surface area contributed by atoms with E-state index in [1.807, 2.05) is 0 Å². The summed E-state index contributed by atoms with van der Waals surface area (Å²) in [4.78, 5) is 23.4. The Kier molecular flexibility index (Phi) is 7.68. The Morgan fingerprint density at radius 1 is 1.18 bits per heavy atom. The van der Waals surface area contributed by atoms with Crippen molar-refractivity contribution >= 4 is 28.1 Å². The maximum absolute atomic E-state index is 12.7. The van der Waals surface area contributed by atoms with Gasteiger partial charge in [0.1, 0.15) is 10.6 Å². The molecule has 0 bridgehead atoms.